The van der Waals surface area contributed by atoms with Gasteiger partial charge in [-0.05, 0) is 32.1 Å². The van der Waals surface area contributed by atoms with E-state index in [9.17, 15) is 13.2 Å². The van der Waals surface area contributed by atoms with Gasteiger partial charge < -0.3 is 4.74 Å². The Hall–Kier alpha value is -0.840. The SMILES string of the molecule is O=C(O[C@@H]1CCS(=O)(=O)C1)C1=CCCCCC1. The van der Waals surface area contributed by atoms with Gasteiger partial charge in [0.2, 0.25) is 0 Å². The van der Waals surface area contributed by atoms with Gasteiger partial charge in [0.1, 0.15) is 6.10 Å². The fourth-order valence-electron chi connectivity index (χ4n) is 2.28. The van der Waals surface area contributed by atoms with Crippen LogP contribution < -0.4 is 0 Å². The number of carbonyl (C=O) groups is 1. The van der Waals surface area contributed by atoms with Crippen LogP contribution in [0.15, 0.2) is 11.6 Å². The van der Waals surface area contributed by atoms with Crippen molar-refractivity contribution in [3.63, 3.8) is 0 Å². The molecule has 1 aliphatic heterocycles. The lowest BCUT2D eigenvalue weighted by Gasteiger charge is -2.11. The monoisotopic (exact) mass is 258 g/mol. The van der Waals surface area contributed by atoms with Crippen molar-refractivity contribution in [2.75, 3.05) is 11.5 Å². The highest BCUT2D eigenvalue weighted by atomic mass is 32.2. The second-order valence-electron chi connectivity index (χ2n) is 4.76. The van der Waals surface area contributed by atoms with Crippen molar-refractivity contribution < 1.29 is 17.9 Å². The third kappa shape index (κ3) is 3.56. The molecule has 0 bridgehead atoms. The molecule has 96 valence electrons. The van der Waals surface area contributed by atoms with Crippen molar-refractivity contribution >= 4 is 15.8 Å². The third-order valence-electron chi connectivity index (χ3n) is 3.27. The maximum absolute atomic E-state index is 11.8. The molecule has 1 aliphatic carbocycles. The Morgan fingerprint density at radius 2 is 2.12 bits per heavy atom. The van der Waals surface area contributed by atoms with Crippen molar-refractivity contribution in [1.29, 1.82) is 0 Å². The van der Waals surface area contributed by atoms with E-state index < -0.39 is 15.9 Å². The Morgan fingerprint density at radius 1 is 1.29 bits per heavy atom. The zero-order valence-corrected chi connectivity index (χ0v) is 10.7. The topological polar surface area (TPSA) is 60.4 Å². The van der Waals surface area contributed by atoms with Crippen LogP contribution >= 0.6 is 0 Å². The van der Waals surface area contributed by atoms with Crippen LogP contribution in [0.3, 0.4) is 0 Å². The van der Waals surface area contributed by atoms with Gasteiger partial charge in [0.25, 0.3) is 0 Å². The van der Waals surface area contributed by atoms with Crippen LogP contribution in [0, 0.1) is 0 Å². The quantitative estimate of drug-likeness (QED) is 0.706. The van der Waals surface area contributed by atoms with Crippen LogP contribution in [-0.2, 0) is 19.4 Å². The minimum absolute atomic E-state index is 0.00792. The summed E-state index contributed by atoms with van der Waals surface area (Å²) in [7, 11) is -2.98. The highest BCUT2D eigenvalue weighted by Gasteiger charge is 2.31. The molecule has 0 aromatic heterocycles. The summed E-state index contributed by atoms with van der Waals surface area (Å²) in [5.74, 6) is -0.176. The molecule has 1 heterocycles. The van der Waals surface area contributed by atoms with Crippen LogP contribution in [0.1, 0.15) is 38.5 Å². The molecule has 0 spiro atoms. The lowest BCUT2D eigenvalue weighted by molar-refractivity contribution is -0.143. The molecule has 0 aromatic rings. The summed E-state index contributed by atoms with van der Waals surface area (Å²) in [6, 6.07) is 0. The van der Waals surface area contributed by atoms with E-state index >= 15 is 0 Å². The van der Waals surface area contributed by atoms with Crippen LogP contribution in [0.5, 0.6) is 0 Å². The Bertz CT molecular complexity index is 422. The molecule has 0 unspecified atom stereocenters. The molecule has 2 rings (SSSR count). The van der Waals surface area contributed by atoms with Crippen molar-refractivity contribution in [3.05, 3.63) is 11.6 Å². The molecular formula is C12H18O4S. The molecule has 1 atom stereocenters. The molecule has 2 aliphatic rings. The van der Waals surface area contributed by atoms with Gasteiger partial charge in [0.15, 0.2) is 9.84 Å². The summed E-state index contributed by atoms with van der Waals surface area (Å²) in [6.45, 7) is 0. The van der Waals surface area contributed by atoms with Gasteiger partial charge in [-0.1, -0.05) is 12.5 Å². The standard InChI is InChI=1S/C12H18O4S/c13-12(10-5-3-1-2-4-6-10)16-11-7-8-17(14,15)9-11/h5,11H,1-4,6-9H2/t11-/m1/s1. The molecule has 4 nitrogen and oxygen atoms in total. The number of hydrogen-bond acceptors (Lipinski definition) is 4. The molecule has 1 fully saturated rings. The average molecular weight is 258 g/mol. The molecular weight excluding hydrogens is 240 g/mol. The highest BCUT2D eigenvalue weighted by Crippen LogP contribution is 2.21. The predicted molar refractivity (Wildman–Crippen MR) is 64.3 cm³/mol. The zero-order valence-electron chi connectivity index (χ0n) is 9.85. The van der Waals surface area contributed by atoms with Gasteiger partial charge in [0.05, 0.1) is 11.5 Å². The fourth-order valence-corrected chi connectivity index (χ4v) is 3.87. The van der Waals surface area contributed by atoms with Gasteiger partial charge in [-0.25, -0.2) is 13.2 Å². The van der Waals surface area contributed by atoms with Crippen molar-refractivity contribution in [3.8, 4) is 0 Å². The average Bonchev–Trinajstić information content (AvgIpc) is 2.52. The molecule has 1 saturated heterocycles. The maximum atomic E-state index is 11.8. The van der Waals surface area contributed by atoms with Crippen molar-refractivity contribution in [2.45, 2.75) is 44.6 Å². The Labute approximate surface area is 102 Å². The zero-order chi connectivity index (χ0) is 12.3. The van der Waals surface area contributed by atoms with E-state index in [0.717, 1.165) is 37.7 Å². The first-order valence-electron chi connectivity index (χ1n) is 6.17. The summed E-state index contributed by atoms with van der Waals surface area (Å²) in [5.41, 5.74) is 0.729. The number of rotatable bonds is 2. The van der Waals surface area contributed by atoms with E-state index in [0.29, 0.717) is 6.42 Å². The van der Waals surface area contributed by atoms with Gasteiger partial charge in [-0.15, -0.1) is 0 Å². The fraction of sp³-hybridized carbons (Fsp3) is 0.750. The molecule has 0 radical (unpaired) electrons. The van der Waals surface area contributed by atoms with Crippen LogP contribution in [-0.4, -0.2) is 32.0 Å². The second kappa shape index (κ2) is 5.21. The number of carbonyl (C=O) groups excluding carboxylic acids is 1. The minimum atomic E-state index is -2.98. The Balaban J connectivity index is 1.91. The third-order valence-corrected chi connectivity index (χ3v) is 5.00. The summed E-state index contributed by atoms with van der Waals surface area (Å²) < 4.78 is 27.8. The minimum Gasteiger partial charge on any atom is -0.458 e. The van der Waals surface area contributed by atoms with Gasteiger partial charge in [-0.3, -0.25) is 0 Å². The van der Waals surface area contributed by atoms with E-state index in [1.54, 1.807) is 0 Å². The lowest BCUT2D eigenvalue weighted by atomic mass is 10.1. The van der Waals surface area contributed by atoms with E-state index in [2.05, 4.69) is 0 Å². The molecule has 0 N–H and O–H groups in total. The smallest absolute Gasteiger partial charge is 0.333 e. The summed E-state index contributed by atoms with van der Waals surface area (Å²) >= 11 is 0. The van der Waals surface area contributed by atoms with E-state index in [1.165, 1.54) is 0 Å². The largest absolute Gasteiger partial charge is 0.458 e. The van der Waals surface area contributed by atoms with E-state index in [1.807, 2.05) is 6.08 Å². The highest BCUT2D eigenvalue weighted by molar-refractivity contribution is 7.91. The number of esters is 1. The molecule has 0 saturated carbocycles. The van der Waals surface area contributed by atoms with Crippen molar-refractivity contribution in [1.82, 2.24) is 0 Å². The number of allylic oxidation sites excluding steroid dienone is 1. The number of sulfone groups is 1. The molecule has 5 heteroatoms. The van der Waals surface area contributed by atoms with Gasteiger partial charge in [0, 0.05) is 5.57 Å². The van der Waals surface area contributed by atoms with Gasteiger partial charge in [-0.2, -0.15) is 0 Å². The Morgan fingerprint density at radius 3 is 2.82 bits per heavy atom. The van der Waals surface area contributed by atoms with Crippen LogP contribution in [0.4, 0.5) is 0 Å². The first kappa shape index (κ1) is 12.6. The molecule has 0 aromatic carbocycles. The first-order chi connectivity index (χ1) is 8.07. The van der Waals surface area contributed by atoms with Crippen LogP contribution in [0.2, 0.25) is 0 Å². The maximum Gasteiger partial charge on any atom is 0.333 e. The normalized spacial score (nSPS) is 28.2. The lowest BCUT2D eigenvalue weighted by Crippen LogP contribution is -2.20. The van der Waals surface area contributed by atoms with Crippen LogP contribution in [0.25, 0.3) is 0 Å². The summed E-state index contributed by atoms with van der Waals surface area (Å²) in [4.78, 5) is 11.8. The van der Waals surface area contributed by atoms with E-state index in [4.69, 9.17) is 4.74 Å². The summed E-state index contributed by atoms with van der Waals surface area (Å²) in [6.07, 6.45) is 6.92. The van der Waals surface area contributed by atoms with Gasteiger partial charge >= 0.3 is 5.97 Å². The Kier molecular flexibility index (Phi) is 3.86. The molecule has 17 heavy (non-hydrogen) atoms. The number of hydrogen-bond donors (Lipinski definition) is 0. The molecule has 0 amide bonds. The number of ether oxygens (including phenoxy) is 1. The van der Waals surface area contributed by atoms with Crippen molar-refractivity contribution in [2.24, 2.45) is 0 Å². The predicted octanol–water partition coefficient (Wildman–Crippen LogP) is 1.61. The first-order valence-corrected chi connectivity index (χ1v) is 7.99. The second-order valence-corrected chi connectivity index (χ2v) is 6.99. The van der Waals surface area contributed by atoms with E-state index in [-0.39, 0.29) is 17.5 Å². The summed E-state index contributed by atoms with van der Waals surface area (Å²) in [5, 5.41) is 0.